The van der Waals surface area contributed by atoms with Gasteiger partial charge in [0, 0.05) is 0 Å². The average molecular weight is 337 g/mol. The van der Waals surface area contributed by atoms with Crippen molar-refractivity contribution in [1.82, 2.24) is 0 Å². The Morgan fingerprint density at radius 2 is 1.84 bits per heavy atom. The minimum Gasteiger partial charge on any atom is -0.496 e. The highest BCUT2D eigenvalue weighted by Crippen LogP contribution is 2.21. The van der Waals surface area contributed by atoms with Crippen molar-refractivity contribution < 1.29 is 23.8 Å². The van der Waals surface area contributed by atoms with Crippen molar-refractivity contribution >= 4 is 18.0 Å². The first kappa shape index (κ1) is 17.8. The summed E-state index contributed by atoms with van der Waals surface area (Å²) in [5.74, 6) is -0.640. The first-order valence-electron chi connectivity index (χ1n) is 7.24. The molecular weight excluding hydrogens is 322 g/mol. The molecule has 0 heterocycles. The minimum atomic E-state index is -0.737. The van der Waals surface area contributed by atoms with Crippen LogP contribution in [0.4, 0.5) is 0 Å². The lowest BCUT2D eigenvalue weighted by molar-refractivity contribution is -0.135. The largest absolute Gasteiger partial charge is 0.496 e. The van der Waals surface area contributed by atoms with Gasteiger partial charge in [-0.2, -0.15) is 5.26 Å². The van der Waals surface area contributed by atoms with Gasteiger partial charge in [-0.15, -0.1) is 0 Å². The van der Waals surface area contributed by atoms with Crippen LogP contribution >= 0.6 is 0 Å². The van der Waals surface area contributed by atoms with E-state index in [9.17, 15) is 9.59 Å². The van der Waals surface area contributed by atoms with E-state index in [1.54, 1.807) is 48.5 Å². The Hall–Kier alpha value is -3.59. The molecule has 2 aromatic rings. The van der Waals surface area contributed by atoms with Gasteiger partial charge in [-0.25, -0.2) is 9.59 Å². The van der Waals surface area contributed by atoms with Gasteiger partial charge < -0.3 is 14.2 Å². The highest BCUT2D eigenvalue weighted by Gasteiger charge is 2.14. The molecule has 0 saturated carbocycles. The monoisotopic (exact) mass is 337 g/mol. The van der Waals surface area contributed by atoms with E-state index in [0.717, 1.165) is 0 Å². The molecule has 0 fully saturated rings. The van der Waals surface area contributed by atoms with Gasteiger partial charge in [0.1, 0.15) is 28.7 Å². The Morgan fingerprint density at radius 1 is 1.08 bits per heavy atom. The fourth-order valence-corrected chi connectivity index (χ4v) is 2.06. The maximum Gasteiger partial charge on any atom is 0.348 e. The Bertz CT molecular complexity index is 864. The number of carbonyl (C=O) groups is 2. The van der Waals surface area contributed by atoms with Gasteiger partial charge in [-0.05, 0) is 35.9 Å². The normalized spacial score (nSPS) is 10.5. The zero-order valence-corrected chi connectivity index (χ0v) is 13.7. The molecule has 25 heavy (non-hydrogen) atoms. The van der Waals surface area contributed by atoms with Crippen LogP contribution in [-0.4, -0.2) is 26.2 Å². The molecule has 0 bridgehead atoms. The van der Waals surface area contributed by atoms with Crippen LogP contribution in [0, 0.1) is 11.3 Å². The highest BCUT2D eigenvalue weighted by molar-refractivity contribution is 5.98. The zero-order chi connectivity index (χ0) is 18.2. The molecule has 0 aliphatic carbocycles. The summed E-state index contributed by atoms with van der Waals surface area (Å²) >= 11 is 0. The second-order valence-corrected chi connectivity index (χ2v) is 4.82. The third-order valence-electron chi connectivity index (χ3n) is 3.23. The third-order valence-corrected chi connectivity index (χ3v) is 3.23. The van der Waals surface area contributed by atoms with E-state index in [1.165, 1.54) is 26.4 Å². The fraction of sp³-hybridized carbons (Fsp3) is 0.105. The maximum atomic E-state index is 12.3. The van der Waals surface area contributed by atoms with Gasteiger partial charge in [0.25, 0.3) is 0 Å². The molecule has 6 heteroatoms. The number of ether oxygens (including phenoxy) is 3. The Balaban J connectivity index is 2.25. The van der Waals surface area contributed by atoms with Gasteiger partial charge in [0.2, 0.25) is 0 Å². The number of nitrogens with zero attached hydrogens (tertiary/aromatic N) is 1. The van der Waals surface area contributed by atoms with Crippen LogP contribution < -0.4 is 9.47 Å². The summed E-state index contributed by atoms with van der Waals surface area (Å²) in [6, 6.07) is 14.9. The summed E-state index contributed by atoms with van der Waals surface area (Å²) in [6.45, 7) is 0. The van der Waals surface area contributed by atoms with Gasteiger partial charge in [0.15, 0.2) is 0 Å². The summed E-state index contributed by atoms with van der Waals surface area (Å²) < 4.78 is 15.0. The molecule has 0 amide bonds. The minimum absolute atomic E-state index is 0.157. The summed E-state index contributed by atoms with van der Waals surface area (Å²) in [6.07, 6.45) is 1.35. The standard InChI is InChI=1S/C19H15NO5/c1-23-17-9-4-3-8-16(17)19(22)25-15-7-5-6-13(11-15)10-14(12-20)18(21)24-2/h3-11H,1-2H3/b14-10+. The predicted octanol–water partition coefficient (Wildman–Crippen LogP) is 2.99. The Labute approximate surface area is 144 Å². The number of methoxy groups -OCH3 is 2. The Kier molecular flexibility index (Phi) is 5.91. The second kappa shape index (κ2) is 8.31. The number of hydrogen-bond donors (Lipinski definition) is 0. The molecule has 0 aliphatic heterocycles. The molecule has 0 radical (unpaired) electrons. The van der Waals surface area contributed by atoms with E-state index in [0.29, 0.717) is 16.9 Å². The first-order valence-corrected chi connectivity index (χ1v) is 7.24. The lowest BCUT2D eigenvalue weighted by atomic mass is 10.1. The van der Waals surface area contributed by atoms with Gasteiger partial charge in [-0.3, -0.25) is 0 Å². The van der Waals surface area contributed by atoms with E-state index in [-0.39, 0.29) is 11.3 Å². The summed E-state index contributed by atoms with van der Waals surface area (Å²) in [7, 11) is 2.66. The smallest absolute Gasteiger partial charge is 0.348 e. The number of rotatable bonds is 5. The van der Waals surface area contributed by atoms with Gasteiger partial charge >= 0.3 is 11.9 Å². The van der Waals surface area contributed by atoms with E-state index in [2.05, 4.69) is 4.74 Å². The van der Waals surface area contributed by atoms with E-state index >= 15 is 0 Å². The summed E-state index contributed by atoms with van der Waals surface area (Å²) in [4.78, 5) is 23.7. The number of hydrogen-bond acceptors (Lipinski definition) is 6. The molecule has 0 aliphatic rings. The van der Waals surface area contributed by atoms with Crippen LogP contribution in [0.3, 0.4) is 0 Å². The molecule has 0 N–H and O–H groups in total. The first-order chi connectivity index (χ1) is 12.1. The van der Waals surface area contributed by atoms with Crippen molar-refractivity contribution in [2.75, 3.05) is 14.2 Å². The van der Waals surface area contributed by atoms with Crippen LogP contribution in [0.1, 0.15) is 15.9 Å². The SMILES string of the molecule is COC(=O)/C(C#N)=C/c1cccc(OC(=O)c2ccccc2OC)c1. The van der Waals surface area contributed by atoms with Gasteiger partial charge in [-0.1, -0.05) is 24.3 Å². The van der Waals surface area contributed by atoms with Crippen LogP contribution in [0.15, 0.2) is 54.1 Å². The van der Waals surface area contributed by atoms with Crippen LogP contribution in [0.2, 0.25) is 0 Å². The summed E-state index contributed by atoms with van der Waals surface area (Å²) in [5, 5.41) is 8.99. The van der Waals surface area contributed by atoms with Crippen molar-refractivity contribution in [1.29, 1.82) is 5.26 Å². The van der Waals surface area contributed by atoms with E-state index in [1.807, 2.05) is 0 Å². The topological polar surface area (TPSA) is 85.6 Å². The van der Waals surface area contributed by atoms with Crippen molar-refractivity contribution in [2.24, 2.45) is 0 Å². The molecule has 2 rings (SSSR count). The van der Waals surface area contributed by atoms with Crippen molar-refractivity contribution in [3.05, 3.63) is 65.2 Å². The highest BCUT2D eigenvalue weighted by atomic mass is 16.5. The molecule has 0 spiro atoms. The number of carbonyl (C=O) groups excluding carboxylic acids is 2. The second-order valence-electron chi connectivity index (χ2n) is 4.82. The third kappa shape index (κ3) is 4.45. The molecule has 126 valence electrons. The fourth-order valence-electron chi connectivity index (χ4n) is 2.06. The van der Waals surface area contributed by atoms with Crippen LogP contribution in [0.25, 0.3) is 6.08 Å². The predicted molar refractivity (Wildman–Crippen MR) is 90.0 cm³/mol. The van der Waals surface area contributed by atoms with Crippen molar-refractivity contribution in [3.63, 3.8) is 0 Å². The zero-order valence-electron chi connectivity index (χ0n) is 13.7. The molecule has 0 saturated heterocycles. The Morgan fingerprint density at radius 3 is 2.52 bits per heavy atom. The summed E-state index contributed by atoms with van der Waals surface area (Å²) in [5.41, 5.74) is 0.654. The number of esters is 2. The number of para-hydroxylation sites is 1. The molecule has 6 nitrogen and oxygen atoms in total. The van der Waals surface area contributed by atoms with Gasteiger partial charge in [0.05, 0.1) is 14.2 Å². The molecule has 0 atom stereocenters. The lowest BCUT2D eigenvalue weighted by Crippen LogP contribution is -2.10. The van der Waals surface area contributed by atoms with E-state index in [4.69, 9.17) is 14.7 Å². The quantitative estimate of drug-likeness (QED) is 0.361. The lowest BCUT2D eigenvalue weighted by Gasteiger charge is -2.08. The average Bonchev–Trinajstić information content (AvgIpc) is 2.65. The van der Waals surface area contributed by atoms with Crippen molar-refractivity contribution in [3.8, 4) is 17.6 Å². The molecular formula is C19H15NO5. The molecule has 2 aromatic carbocycles. The number of benzene rings is 2. The van der Waals surface area contributed by atoms with E-state index < -0.39 is 11.9 Å². The van der Waals surface area contributed by atoms with Crippen LogP contribution in [-0.2, 0) is 9.53 Å². The maximum absolute atomic E-state index is 12.3. The van der Waals surface area contributed by atoms with Crippen LogP contribution in [0.5, 0.6) is 11.5 Å². The number of nitriles is 1. The molecule has 0 aromatic heterocycles. The van der Waals surface area contributed by atoms with Crippen molar-refractivity contribution in [2.45, 2.75) is 0 Å². The molecule has 0 unspecified atom stereocenters.